The van der Waals surface area contributed by atoms with E-state index >= 15 is 0 Å². The van der Waals surface area contributed by atoms with Gasteiger partial charge >= 0.3 is 0 Å². The third-order valence-electron chi connectivity index (χ3n) is 7.36. The lowest BCUT2D eigenvalue weighted by Gasteiger charge is -2.34. The van der Waals surface area contributed by atoms with Gasteiger partial charge in [0.25, 0.3) is 0 Å². The van der Waals surface area contributed by atoms with E-state index in [-0.39, 0.29) is 17.7 Å². The fourth-order valence-corrected chi connectivity index (χ4v) is 5.40. The van der Waals surface area contributed by atoms with E-state index < -0.39 is 0 Å². The Balaban J connectivity index is 1.34. The number of rotatable bonds is 5. The Morgan fingerprint density at radius 3 is 2.53 bits per heavy atom. The van der Waals surface area contributed by atoms with Crippen molar-refractivity contribution in [1.82, 2.24) is 24.7 Å². The zero-order valence-electron chi connectivity index (χ0n) is 19.9. The van der Waals surface area contributed by atoms with Crippen LogP contribution in [0.1, 0.15) is 69.0 Å². The molecule has 176 valence electrons. The van der Waals surface area contributed by atoms with Crippen molar-refractivity contribution in [3.8, 4) is 0 Å². The second-order valence-corrected chi connectivity index (χ2v) is 9.75. The summed E-state index contributed by atoms with van der Waals surface area (Å²) in [5.74, 6) is 3.12. The number of nitrogens with one attached hydrogen (secondary N) is 1. The molecule has 1 aromatic rings. The van der Waals surface area contributed by atoms with Gasteiger partial charge in [-0.05, 0) is 44.6 Å². The summed E-state index contributed by atoms with van der Waals surface area (Å²) in [6.45, 7) is 9.88. The molecule has 2 amide bonds. The van der Waals surface area contributed by atoms with Crippen LogP contribution in [0.3, 0.4) is 0 Å². The van der Waals surface area contributed by atoms with Crippen molar-refractivity contribution in [3.05, 3.63) is 17.1 Å². The van der Waals surface area contributed by atoms with E-state index in [0.717, 1.165) is 87.3 Å². The van der Waals surface area contributed by atoms with Gasteiger partial charge in [0.1, 0.15) is 11.6 Å². The SMILES string of the molecule is CNc1nc(C2CCN(C(=O)CCN3CCCC(C)C3)CC2)nc2c1CCN(C(C)=O)C2. The molecule has 32 heavy (non-hydrogen) atoms. The van der Waals surface area contributed by atoms with Gasteiger partial charge in [-0.2, -0.15) is 0 Å². The molecule has 0 spiro atoms. The molecule has 0 radical (unpaired) electrons. The van der Waals surface area contributed by atoms with E-state index in [1.54, 1.807) is 6.92 Å². The molecule has 0 aromatic carbocycles. The van der Waals surface area contributed by atoms with E-state index in [9.17, 15) is 9.59 Å². The molecule has 8 heteroatoms. The summed E-state index contributed by atoms with van der Waals surface area (Å²) < 4.78 is 0. The van der Waals surface area contributed by atoms with Crippen molar-refractivity contribution in [2.24, 2.45) is 5.92 Å². The fourth-order valence-electron chi connectivity index (χ4n) is 5.40. The maximum absolute atomic E-state index is 12.8. The molecule has 1 unspecified atom stereocenters. The van der Waals surface area contributed by atoms with Crippen LogP contribution in [0.5, 0.6) is 0 Å². The van der Waals surface area contributed by atoms with Gasteiger partial charge in [-0.3, -0.25) is 9.59 Å². The second-order valence-electron chi connectivity index (χ2n) is 9.75. The average molecular weight is 443 g/mol. The molecule has 0 aliphatic carbocycles. The summed E-state index contributed by atoms with van der Waals surface area (Å²) in [5, 5.41) is 3.23. The molecule has 1 N–H and O–H groups in total. The number of likely N-dealkylation sites (tertiary alicyclic amines) is 2. The van der Waals surface area contributed by atoms with Crippen LogP contribution in [0.2, 0.25) is 0 Å². The molecular formula is C24H38N6O2. The van der Waals surface area contributed by atoms with Crippen LogP contribution in [0.4, 0.5) is 5.82 Å². The lowest BCUT2D eigenvalue weighted by Crippen LogP contribution is -2.41. The third kappa shape index (κ3) is 5.22. The Bertz CT molecular complexity index is 836. The lowest BCUT2D eigenvalue weighted by molar-refractivity contribution is -0.132. The first-order chi connectivity index (χ1) is 15.4. The first-order valence-corrected chi connectivity index (χ1v) is 12.3. The molecule has 3 aliphatic heterocycles. The zero-order chi connectivity index (χ0) is 22.7. The molecule has 1 aromatic heterocycles. The van der Waals surface area contributed by atoms with E-state index in [1.807, 2.05) is 16.8 Å². The highest BCUT2D eigenvalue weighted by molar-refractivity contribution is 5.76. The van der Waals surface area contributed by atoms with Gasteiger partial charge in [-0.1, -0.05) is 6.92 Å². The van der Waals surface area contributed by atoms with E-state index in [2.05, 4.69) is 17.1 Å². The van der Waals surface area contributed by atoms with Crippen LogP contribution in [0.15, 0.2) is 0 Å². The Hall–Kier alpha value is -2.22. The summed E-state index contributed by atoms with van der Waals surface area (Å²) in [6, 6.07) is 0. The van der Waals surface area contributed by atoms with Gasteiger partial charge in [0.05, 0.1) is 12.2 Å². The van der Waals surface area contributed by atoms with Gasteiger partial charge in [0.2, 0.25) is 11.8 Å². The van der Waals surface area contributed by atoms with Crippen LogP contribution < -0.4 is 5.32 Å². The Kier molecular flexibility index (Phi) is 7.28. The molecule has 8 nitrogen and oxygen atoms in total. The minimum absolute atomic E-state index is 0.0904. The molecule has 4 rings (SSSR count). The molecule has 3 aliphatic rings. The van der Waals surface area contributed by atoms with Gasteiger partial charge < -0.3 is 20.0 Å². The monoisotopic (exact) mass is 442 g/mol. The molecule has 2 fully saturated rings. The predicted octanol–water partition coefficient (Wildman–Crippen LogP) is 2.25. The zero-order valence-corrected chi connectivity index (χ0v) is 19.9. The summed E-state index contributed by atoms with van der Waals surface area (Å²) in [4.78, 5) is 40.7. The second kappa shape index (κ2) is 10.1. The summed E-state index contributed by atoms with van der Waals surface area (Å²) in [7, 11) is 1.90. The minimum atomic E-state index is 0.0904. The highest BCUT2D eigenvalue weighted by Gasteiger charge is 2.29. The number of anilines is 1. The van der Waals surface area contributed by atoms with Crippen LogP contribution in [0.25, 0.3) is 0 Å². The van der Waals surface area contributed by atoms with Crippen LogP contribution in [0, 0.1) is 5.92 Å². The smallest absolute Gasteiger partial charge is 0.223 e. The lowest BCUT2D eigenvalue weighted by atomic mass is 9.94. The van der Waals surface area contributed by atoms with Crippen LogP contribution in [-0.2, 0) is 22.6 Å². The van der Waals surface area contributed by atoms with Crippen LogP contribution >= 0.6 is 0 Å². The van der Waals surface area contributed by atoms with Gasteiger partial charge in [-0.15, -0.1) is 0 Å². The summed E-state index contributed by atoms with van der Waals surface area (Å²) >= 11 is 0. The number of aromatic nitrogens is 2. The molecule has 0 saturated carbocycles. The van der Waals surface area contributed by atoms with Gasteiger partial charge in [-0.25, -0.2) is 9.97 Å². The number of carbonyl (C=O) groups excluding carboxylic acids is 2. The minimum Gasteiger partial charge on any atom is -0.373 e. The quantitative estimate of drug-likeness (QED) is 0.753. The van der Waals surface area contributed by atoms with E-state index in [0.29, 0.717) is 13.0 Å². The predicted molar refractivity (Wildman–Crippen MR) is 124 cm³/mol. The normalized spacial score (nSPS) is 22.5. The fraction of sp³-hybridized carbons (Fsp3) is 0.750. The summed E-state index contributed by atoms with van der Waals surface area (Å²) in [5.41, 5.74) is 2.10. The number of nitrogens with zero attached hydrogens (tertiary/aromatic N) is 5. The maximum Gasteiger partial charge on any atom is 0.223 e. The molecule has 4 heterocycles. The highest BCUT2D eigenvalue weighted by atomic mass is 16.2. The first kappa shape index (κ1) is 23.0. The number of amides is 2. The Morgan fingerprint density at radius 2 is 1.84 bits per heavy atom. The van der Waals surface area contributed by atoms with E-state index in [4.69, 9.17) is 9.97 Å². The topological polar surface area (TPSA) is 81.7 Å². The third-order valence-corrected chi connectivity index (χ3v) is 7.36. The maximum atomic E-state index is 12.8. The number of hydrogen-bond acceptors (Lipinski definition) is 6. The van der Waals surface area contributed by atoms with Gasteiger partial charge in [0, 0.05) is 64.6 Å². The average Bonchev–Trinajstić information content (AvgIpc) is 2.81. The number of carbonyl (C=O) groups is 2. The van der Waals surface area contributed by atoms with Gasteiger partial charge in [0.15, 0.2) is 0 Å². The molecule has 0 bridgehead atoms. The van der Waals surface area contributed by atoms with Crippen molar-refractivity contribution in [2.45, 2.75) is 64.8 Å². The van der Waals surface area contributed by atoms with Crippen molar-refractivity contribution < 1.29 is 9.59 Å². The number of hydrogen-bond donors (Lipinski definition) is 1. The Labute approximate surface area is 191 Å². The number of fused-ring (bicyclic) bond motifs is 1. The molecule has 2 saturated heterocycles. The van der Waals surface area contributed by atoms with Crippen LogP contribution in [-0.4, -0.2) is 82.8 Å². The standard InChI is InChI=1S/C24H38N6O2/c1-17-5-4-10-28(15-17)11-9-22(32)29-12-6-19(7-13-29)23-26-21-16-30(18(2)31)14-8-20(21)24(25-3)27-23/h17,19H,4-16H2,1-3H3,(H,25,26,27). The largest absolute Gasteiger partial charge is 0.373 e. The Morgan fingerprint density at radius 1 is 1.06 bits per heavy atom. The van der Waals surface area contributed by atoms with E-state index in [1.165, 1.54) is 12.8 Å². The van der Waals surface area contributed by atoms with Crippen molar-refractivity contribution in [3.63, 3.8) is 0 Å². The van der Waals surface area contributed by atoms with Crippen molar-refractivity contribution in [2.75, 3.05) is 51.6 Å². The molecule has 1 atom stereocenters. The van der Waals surface area contributed by atoms with Crippen molar-refractivity contribution >= 4 is 17.6 Å². The van der Waals surface area contributed by atoms with Crippen molar-refractivity contribution in [1.29, 1.82) is 0 Å². The number of piperidine rings is 2. The molecular weight excluding hydrogens is 404 g/mol. The first-order valence-electron chi connectivity index (χ1n) is 12.3. The highest BCUT2D eigenvalue weighted by Crippen LogP contribution is 2.30. The summed E-state index contributed by atoms with van der Waals surface area (Å²) in [6.07, 6.45) is 5.76.